The third kappa shape index (κ3) is 1.82. The van der Waals surface area contributed by atoms with Crippen LogP contribution in [0.25, 0.3) is 22.1 Å². The van der Waals surface area contributed by atoms with Crippen molar-refractivity contribution in [1.82, 2.24) is 4.98 Å². The largest absolute Gasteiger partial charge is 0.495 e. The van der Waals surface area contributed by atoms with Crippen LogP contribution in [0.2, 0.25) is 0 Å². The van der Waals surface area contributed by atoms with Crippen molar-refractivity contribution in [2.24, 2.45) is 0 Å². The zero-order valence-corrected chi connectivity index (χ0v) is 13.2. The van der Waals surface area contributed by atoms with E-state index >= 15 is 0 Å². The average Bonchev–Trinajstić information content (AvgIpc) is 2.93. The van der Waals surface area contributed by atoms with Crippen LogP contribution in [0, 0.1) is 0 Å². The van der Waals surface area contributed by atoms with Gasteiger partial charge in [-0.1, -0.05) is 12.1 Å². The molecule has 0 atom stereocenters. The maximum Gasteiger partial charge on any atom is 0.495 e. The van der Waals surface area contributed by atoms with Gasteiger partial charge in [0.05, 0.1) is 11.2 Å². The summed E-state index contributed by atoms with van der Waals surface area (Å²) in [5.41, 5.74) is 2.67. The molecule has 1 aliphatic heterocycles. The van der Waals surface area contributed by atoms with Crippen molar-refractivity contribution >= 4 is 34.7 Å². The number of hydrogen-bond donors (Lipinski definition) is 0. The number of furan rings is 1. The van der Waals surface area contributed by atoms with Gasteiger partial charge in [0.1, 0.15) is 11.1 Å². The molecule has 0 spiro atoms. The Morgan fingerprint density at radius 3 is 2.32 bits per heavy atom. The molecule has 0 unspecified atom stereocenters. The molecule has 1 saturated heterocycles. The molecule has 0 aliphatic carbocycles. The van der Waals surface area contributed by atoms with Crippen LogP contribution in [0.15, 0.2) is 40.9 Å². The van der Waals surface area contributed by atoms with Crippen LogP contribution in [-0.2, 0) is 9.31 Å². The molecule has 2 aromatic heterocycles. The minimum atomic E-state index is -0.420. The van der Waals surface area contributed by atoms with Gasteiger partial charge in [-0.15, -0.1) is 0 Å². The van der Waals surface area contributed by atoms with E-state index in [0.29, 0.717) is 0 Å². The van der Waals surface area contributed by atoms with Crippen LogP contribution in [0.3, 0.4) is 0 Å². The van der Waals surface area contributed by atoms with E-state index in [0.717, 1.165) is 27.5 Å². The van der Waals surface area contributed by atoms with E-state index in [4.69, 9.17) is 13.7 Å². The fourth-order valence-electron chi connectivity index (χ4n) is 2.83. The Hall–Kier alpha value is -1.85. The van der Waals surface area contributed by atoms with Crippen LogP contribution >= 0.6 is 0 Å². The first-order valence-corrected chi connectivity index (χ1v) is 7.51. The first kappa shape index (κ1) is 13.8. The summed E-state index contributed by atoms with van der Waals surface area (Å²) >= 11 is 0. The summed E-state index contributed by atoms with van der Waals surface area (Å²) in [7, 11) is -0.420. The third-order valence-electron chi connectivity index (χ3n) is 4.79. The SMILES string of the molecule is CC1(C)OB(c2cccc3oc4cccnc4c23)OC1(C)C. The van der Waals surface area contributed by atoms with Gasteiger partial charge < -0.3 is 13.7 Å². The molecule has 4 rings (SSSR count). The van der Waals surface area contributed by atoms with Crippen molar-refractivity contribution in [2.75, 3.05) is 0 Å². The zero-order valence-electron chi connectivity index (χ0n) is 13.2. The summed E-state index contributed by atoms with van der Waals surface area (Å²) in [5.74, 6) is 0. The maximum atomic E-state index is 6.18. The topological polar surface area (TPSA) is 44.5 Å². The number of fused-ring (bicyclic) bond motifs is 3. The molecule has 5 heteroatoms. The Morgan fingerprint density at radius 2 is 1.59 bits per heavy atom. The number of hydrogen-bond acceptors (Lipinski definition) is 4. The molecule has 112 valence electrons. The van der Waals surface area contributed by atoms with Gasteiger partial charge in [0, 0.05) is 11.6 Å². The van der Waals surface area contributed by atoms with Crippen molar-refractivity contribution in [3.05, 3.63) is 36.5 Å². The smallest absolute Gasteiger partial charge is 0.454 e. The van der Waals surface area contributed by atoms with Crippen LogP contribution in [0.5, 0.6) is 0 Å². The number of aromatic nitrogens is 1. The van der Waals surface area contributed by atoms with E-state index < -0.39 is 7.12 Å². The molecule has 0 radical (unpaired) electrons. The second-order valence-electron chi connectivity index (χ2n) is 6.76. The van der Waals surface area contributed by atoms with Crippen molar-refractivity contribution in [3.63, 3.8) is 0 Å². The molecule has 1 aromatic carbocycles. The Labute approximate surface area is 129 Å². The zero-order chi connectivity index (χ0) is 15.5. The lowest BCUT2D eigenvalue weighted by atomic mass is 9.77. The summed E-state index contributed by atoms with van der Waals surface area (Å²) in [6.07, 6.45) is 1.78. The highest BCUT2D eigenvalue weighted by Crippen LogP contribution is 2.37. The van der Waals surface area contributed by atoms with Crippen molar-refractivity contribution < 1.29 is 13.7 Å². The van der Waals surface area contributed by atoms with Crippen LogP contribution in [0.4, 0.5) is 0 Å². The fraction of sp³-hybridized carbons (Fsp3) is 0.353. The molecule has 3 heterocycles. The Kier molecular flexibility index (Phi) is 2.72. The molecular formula is C17H18BNO3. The molecule has 0 bridgehead atoms. The second kappa shape index (κ2) is 4.34. The molecule has 1 aliphatic rings. The highest BCUT2D eigenvalue weighted by Gasteiger charge is 2.52. The van der Waals surface area contributed by atoms with E-state index in [2.05, 4.69) is 32.7 Å². The molecule has 22 heavy (non-hydrogen) atoms. The first-order valence-electron chi connectivity index (χ1n) is 7.51. The molecular weight excluding hydrogens is 277 g/mol. The molecule has 0 N–H and O–H groups in total. The lowest BCUT2D eigenvalue weighted by Gasteiger charge is -2.32. The quantitative estimate of drug-likeness (QED) is 0.646. The fourth-order valence-corrected chi connectivity index (χ4v) is 2.83. The van der Waals surface area contributed by atoms with Crippen LogP contribution < -0.4 is 5.46 Å². The van der Waals surface area contributed by atoms with E-state index in [9.17, 15) is 0 Å². The number of pyridine rings is 1. The van der Waals surface area contributed by atoms with Gasteiger partial charge in [0.25, 0.3) is 0 Å². The molecule has 0 saturated carbocycles. The lowest BCUT2D eigenvalue weighted by molar-refractivity contribution is 0.00578. The standard InChI is InChI=1S/C17H18BNO3/c1-16(2)17(3,4)22-18(21-16)11-7-5-8-12-14(11)15-13(20-12)9-6-10-19-15/h5-10H,1-4H3. The van der Waals surface area contributed by atoms with Gasteiger partial charge in [-0.25, -0.2) is 0 Å². The Morgan fingerprint density at radius 1 is 0.909 bits per heavy atom. The summed E-state index contributed by atoms with van der Waals surface area (Å²) < 4.78 is 18.3. The van der Waals surface area contributed by atoms with Crippen molar-refractivity contribution in [1.29, 1.82) is 0 Å². The molecule has 3 aromatic rings. The minimum absolute atomic E-state index is 0.368. The van der Waals surface area contributed by atoms with Gasteiger partial charge in [-0.3, -0.25) is 4.98 Å². The van der Waals surface area contributed by atoms with Crippen molar-refractivity contribution in [2.45, 2.75) is 38.9 Å². The minimum Gasteiger partial charge on any atom is -0.454 e. The van der Waals surface area contributed by atoms with Crippen molar-refractivity contribution in [3.8, 4) is 0 Å². The third-order valence-corrected chi connectivity index (χ3v) is 4.79. The Balaban J connectivity index is 1.93. The summed E-state index contributed by atoms with van der Waals surface area (Å²) in [6, 6.07) is 9.74. The lowest BCUT2D eigenvalue weighted by Crippen LogP contribution is -2.41. The summed E-state index contributed by atoms with van der Waals surface area (Å²) in [6.45, 7) is 8.22. The highest BCUT2D eigenvalue weighted by atomic mass is 16.7. The van der Waals surface area contributed by atoms with Crippen LogP contribution in [0.1, 0.15) is 27.7 Å². The number of benzene rings is 1. The Bertz CT molecular complexity index is 853. The monoisotopic (exact) mass is 295 g/mol. The van der Waals surface area contributed by atoms with Gasteiger partial charge in [-0.2, -0.15) is 0 Å². The number of rotatable bonds is 1. The van der Waals surface area contributed by atoms with Crippen LogP contribution in [-0.4, -0.2) is 23.3 Å². The maximum absolute atomic E-state index is 6.18. The summed E-state index contributed by atoms with van der Waals surface area (Å²) in [5, 5.41) is 0.969. The predicted octanol–water partition coefficient (Wildman–Crippen LogP) is 3.28. The normalized spacial score (nSPS) is 20.1. The predicted molar refractivity (Wildman–Crippen MR) is 87.2 cm³/mol. The first-order chi connectivity index (χ1) is 10.4. The summed E-state index contributed by atoms with van der Waals surface area (Å²) in [4.78, 5) is 4.47. The van der Waals surface area contributed by atoms with E-state index in [1.54, 1.807) is 6.20 Å². The van der Waals surface area contributed by atoms with Gasteiger partial charge in [0.2, 0.25) is 0 Å². The van der Waals surface area contributed by atoms with Gasteiger partial charge >= 0.3 is 7.12 Å². The van der Waals surface area contributed by atoms with E-state index in [-0.39, 0.29) is 11.2 Å². The molecule has 4 nitrogen and oxygen atoms in total. The second-order valence-corrected chi connectivity index (χ2v) is 6.76. The highest BCUT2D eigenvalue weighted by molar-refractivity contribution is 6.65. The number of nitrogens with zero attached hydrogens (tertiary/aromatic N) is 1. The van der Waals surface area contributed by atoms with E-state index in [1.165, 1.54) is 0 Å². The van der Waals surface area contributed by atoms with Gasteiger partial charge in [0.15, 0.2) is 5.58 Å². The average molecular weight is 295 g/mol. The molecule has 0 amide bonds. The van der Waals surface area contributed by atoms with Gasteiger partial charge in [-0.05, 0) is 51.4 Å². The molecule has 1 fully saturated rings. The van der Waals surface area contributed by atoms with E-state index in [1.807, 2.05) is 30.3 Å².